The summed E-state index contributed by atoms with van der Waals surface area (Å²) in [6.07, 6.45) is 8.28. The van der Waals surface area contributed by atoms with Crippen LogP contribution in [0.3, 0.4) is 0 Å². The van der Waals surface area contributed by atoms with Crippen molar-refractivity contribution in [3.63, 3.8) is 0 Å². The number of amides is 2. The Balaban J connectivity index is 0.00000182. The van der Waals surface area contributed by atoms with E-state index in [1.54, 1.807) is 35.4 Å². The number of piperidine rings is 1. The molecule has 3 heterocycles. The van der Waals surface area contributed by atoms with Crippen molar-refractivity contribution in [2.24, 2.45) is 0 Å². The molecule has 2 amide bonds. The second kappa shape index (κ2) is 10.9. The fraction of sp³-hybridized carbons (Fsp3) is 0.412. The first-order chi connectivity index (χ1) is 12.2. The van der Waals surface area contributed by atoms with Crippen molar-refractivity contribution in [1.82, 2.24) is 25.4 Å². The van der Waals surface area contributed by atoms with Crippen LogP contribution in [-0.2, 0) is 15.1 Å². The number of nitrogens with one attached hydrogen (secondary N) is 3. The molecule has 0 radical (unpaired) electrons. The number of carbonyl (C=O) groups is 2. The van der Waals surface area contributed by atoms with Crippen LogP contribution in [0.4, 0.5) is 5.69 Å². The lowest BCUT2D eigenvalue weighted by Crippen LogP contribution is -2.54. The van der Waals surface area contributed by atoms with Gasteiger partial charge in [0.1, 0.15) is 5.54 Å². The maximum absolute atomic E-state index is 12.8. The first-order valence-electron chi connectivity index (χ1n) is 8.40. The van der Waals surface area contributed by atoms with Gasteiger partial charge in [0, 0.05) is 43.4 Å². The lowest BCUT2D eigenvalue weighted by Gasteiger charge is -2.36. The molecule has 0 aliphatic carbocycles. The number of hydrogen-bond donors (Lipinski definition) is 3. The SMILES string of the molecule is Cl.Cl.O=C(CCNC(=O)C1(n2cccn2)CCNCC1)Nc1ccncc1. The van der Waals surface area contributed by atoms with Gasteiger partial charge in [0.25, 0.3) is 0 Å². The highest BCUT2D eigenvalue weighted by molar-refractivity contribution is 5.91. The summed E-state index contributed by atoms with van der Waals surface area (Å²) in [7, 11) is 0. The number of aromatic nitrogens is 3. The first-order valence-corrected chi connectivity index (χ1v) is 8.40. The van der Waals surface area contributed by atoms with Gasteiger partial charge in [-0.05, 0) is 44.1 Å². The molecule has 0 saturated carbocycles. The average molecular weight is 415 g/mol. The van der Waals surface area contributed by atoms with E-state index in [0.717, 1.165) is 13.1 Å². The molecule has 3 rings (SSSR count). The highest BCUT2D eigenvalue weighted by Gasteiger charge is 2.41. The number of carbonyl (C=O) groups excluding carboxylic acids is 2. The summed E-state index contributed by atoms with van der Waals surface area (Å²) in [6.45, 7) is 1.80. The molecule has 2 aromatic heterocycles. The number of anilines is 1. The number of halogens is 2. The summed E-state index contributed by atoms with van der Waals surface area (Å²) in [6, 6.07) is 5.26. The molecular formula is C17H24Cl2N6O2. The molecule has 0 unspecified atom stereocenters. The third kappa shape index (κ3) is 5.66. The average Bonchev–Trinajstić information content (AvgIpc) is 3.18. The van der Waals surface area contributed by atoms with Gasteiger partial charge in [0.15, 0.2) is 0 Å². The van der Waals surface area contributed by atoms with E-state index in [-0.39, 0.29) is 49.6 Å². The molecule has 27 heavy (non-hydrogen) atoms. The van der Waals surface area contributed by atoms with Crippen molar-refractivity contribution in [3.05, 3.63) is 43.0 Å². The Bertz CT molecular complexity index is 705. The van der Waals surface area contributed by atoms with Gasteiger partial charge in [-0.15, -0.1) is 24.8 Å². The smallest absolute Gasteiger partial charge is 0.248 e. The molecule has 0 aromatic carbocycles. The number of rotatable bonds is 6. The van der Waals surface area contributed by atoms with E-state index in [4.69, 9.17) is 0 Å². The third-order valence-corrected chi connectivity index (χ3v) is 4.40. The molecule has 2 aromatic rings. The Hall–Kier alpha value is -2.16. The Morgan fingerprint density at radius 2 is 1.85 bits per heavy atom. The van der Waals surface area contributed by atoms with E-state index >= 15 is 0 Å². The van der Waals surface area contributed by atoms with E-state index < -0.39 is 5.54 Å². The van der Waals surface area contributed by atoms with E-state index in [1.165, 1.54) is 0 Å². The van der Waals surface area contributed by atoms with Gasteiger partial charge < -0.3 is 16.0 Å². The maximum Gasteiger partial charge on any atom is 0.248 e. The zero-order valence-electron chi connectivity index (χ0n) is 14.8. The van der Waals surface area contributed by atoms with Crippen LogP contribution in [0.25, 0.3) is 0 Å². The summed E-state index contributed by atoms with van der Waals surface area (Å²) in [5.74, 6) is -0.237. The number of pyridine rings is 1. The van der Waals surface area contributed by atoms with Crippen LogP contribution in [0.5, 0.6) is 0 Å². The van der Waals surface area contributed by atoms with Gasteiger partial charge in [-0.2, -0.15) is 5.10 Å². The predicted octanol–water partition coefficient (Wildman–Crippen LogP) is 1.35. The van der Waals surface area contributed by atoms with Crippen LogP contribution in [0.15, 0.2) is 43.0 Å². The molecular weight excluding hydrogens is 391 g/mol. The van der Waals surface area contributed by atoms with Crippen LogP contribution in [-0.4, -0.2) is 46.2 Å². The van der Waals surface area contributed by atoms with Crippen LogP contribution >= 0.6 is 24.8 Å². The molecule has 10 heteroatoms. The zero-order valence-corrected chi connectivity index (χ0v) is 16.4. The van der Waals surface area contributed by atoms with E-state index in [1.807, 2.05) is 12.3 Å². The summed E-state index contributed by atoms with van der Waals surface area (Å²) < 4.78 is 1.74. The molecule has 3 N–H and O–H groups in total. The quantitative estimate of drug-likeness (QED) is 0.661. The van der Waals surface area contributed by atoms with Crippen molar-refractivity contribution in [2.45, 2.75) is 24.8 Å². The lowest BCUT2D eigenvalue weighted by molar-refractivity contribution is -0.132. The Morgan fingerprint density at radius 1 is 1.15 bits per heavy atom. The van der Waals surface area contributed by atoms with E-state index in [2.05, 4.69) is 26.0 Å². The topological polar surface area (TPSA) is 101 Å². The van der Waals surface area contributed by atoms with E-state index in [0.29, 0.717) is 18.5 Å². The highest BCUT2D eigenvalue weighted by atomic mass is 35.5. The lowest BCUT2D eigenvalue weighted by atomic mass is 9.87. The number of hydrogen-bond acceptors (Lipinski definition) is 5. The second-order valence-electron chi connectivity index (χ2n) is 6.02. The van der Waals surface area contributed by atoms with Crippen LogP contribution in [0.1, 0.15) is 19.3 Å². The summed E-state index contributed by atoms with van der Waals surface area (Å²) in [5.41, 5.74) is 0.00811. The van der Waals surface area contributed by atoms with Crippen molar-refractivity contribution in [1.29, 1.82) is 0 Å². The van der Waals surface area contributed by atoms with Gasteiger partial charge in [0.05, 0.1) is 0 Å². The standard InChI is InChI=1S/C17H22N6O2.2ClH/c24-15(22-14-2-8-18-9-3-14)4-10-20-16(25)17(5-11-19-12-6-17)23-13-1-7-21-23;;/h1-3,7-9,13,19H,4-6,10-12H2,(H,20,25)(H,18,22,24);2*1H. The summed E-state index contributed by atoms with van der Waals surface area (Å²) in [5, 5.41) is 13.2. The maximum atomic E-state index is 12.8. The largest absolute Gasteiger partial charge is 0.353 e. The van der Waals surface area contributed by atoms with Gasteiger partial charge in [-0.1, -0.05) is 0 Å². The Kier molecular flexibility index (Phi) is 9.20. The Labute approximate surface area is 170 Å². The molecule has 1 aliphatic rings. The van der Waals surface area contributed by atoms with Crippen molar-refractivity contribution in [2.75, 3.05) is 25.0 Å². The van der Waals surface area contributed by atoms with Crippen LogP contribution < -0.4 is 16.0 Å². The summed E-state index contributed by atoms with van der Waals surface area (Å²) >= 11 is 0. The molecule has 1 saturated heterocycles. The fourth-order valence-electron chi connectivity index (χ4n) is 3.04. The van der Waals surface area contributed by atoms with Gasteiger partial charge in [0.2, 0.25) is 11.8 Å². The minimum Gasteiger partial charge on any atom is -0.353 e. The number of nitrogens with zero attached hydrogens (tertiary/aromatic N) is 3. The molecule has 1 aliphatic heterocycles. The molecule has 148 valence electrons. The molecule has 8 nitrogen and oxygen atoms in total. The van der Waals surface area contributed by atoms with Crippen molar-refractivity contribution >= 4 is 42.3 Å². The highest BCUT2D eigenvalue weighted by Crippen LogP contribution is 2.27. The van der Waals surface area contributed by atoms with Gasteiger partial charge in [-0.3, -0.25) is 19.3 Å². The summed E-state index contributed by atoms with van der Waals surface area (Å²) in [4.78, 5) is 28.7. The normalized spacial score (nSPS) is 15.0. The predicted molar refractivity (Wildman–Crippen MR) is 107 cm³/mol. The first kappa shape index (κ1) is 22.9. The van der Waals surface area contributed by atoms with Gasteiger partial charge in [-0.25, -0.2) is 0 Å². The second-order valence-corrected chi connectivity index (χ2v) is 6.02. The third-order valence-electron chi connectivity index (χ3n) is 4.40. The fourth-order valence-corrected chi connectivity index (χ4v) is 3.04. The monoisotopic (exact) mass is 414 g/mol. The molecule has 0 bridgehead atoms. The van der Waals surface area contributed by atoms with E-state index in [9.17, 15) is 9.59 Å². The molecule has 0 spiro atoms. The van der Waals surface area contributed by atoms with Gasteiger partial charge >= 0.3 is 0 Å². The zero-order chi connectivity index (χ0) is 17.5. The van der Waals surface area contributed by atoms with Crippen LogP contribution in [0, 0.1) is 0 Å². The van der Waals surface area contributed by atoms with Crippen molar-refractivity contribution in [3.8, 4) is 0 Å². The minimum absolute atomic E-state index is 0. The molecule has 0 atom stereocenters. The van der Waals surface area contributed by atoms with Crippen LogP contribution in [0.2, 0.25) is 0 Å². The Morgan fingerprint density at radius 3 is 2.48 bits per heavy atom. The minimum atomic E-state index is -0.684. The molecule has 1 fully saturated rings. The van der Waals surface area contributed by atoms with Crippen molar-refractivity contribution < 1.29 is 9.59 Å².